The Labute approximate surface area is 259 Å². The van der Waals surface area contributed by atoms with Crippen LogP contribution in [0.4, 0.5) is 10.5 Å². The number of halogens is 1. The summed E-state index contributed by atoms with van der Waals surface area (Å²) in [5.41, 5.74) is 0.786. The molecule has 1 aromatic carbocycles. The van der Waals surface area contributed by atoms with Gasteiger partial charge < -0.3 is 15.2 Å². The highest BCUT2D eigenvalue weighted by Gasteiger charge is 2.46. The fourth-order valence-electron chi connectivity index (χ4n) is 5.77. The first-order valence-corrected chi connectivity index (χ1v) is 15.5. The third kappa shape index (κ3) is 8.06. The molecule has 234 valence electrons. The van der Waals surface area contributed by atoms with Gasteiger partial charge >= 0.3 is 6.09 Å². The number of likely N-dealkylation sites (tertiary alicyclic amines) is 1. The van der Waals surface area contributed by atoms with E-state index in [4.69, 9.17) is 16.3 Å². The van der Waals surface area contributed by atoms with Gasteiger partial charge in [-0.05, 0) is 62.8 Å². The van der Waals surface area contributed by atoms with E-state index in [1.54, 1.807) is 51.4 Å². The van der Waals surface area contributed by atoms with Gasteiger partial charge in [-0.2, -0.15) is 0 Å². The minimum Gasteiger partial charge on any atom is -0.444 e. The van der Waals surface area contributed by atoms with Crippen LogP contribution in [0.1, 0.15) is 97.2 Å². The van der Waals surface area contributed by atoms with E-state index in [0.717, 1.165) is 37.7 Å². The summed E-state index contributed by atoms with van der Waals surface area (Å²) in [5.74, 6) is -0.896. The number of nitrogens with zero attached hydrogens (tertiary/aromatic N) is 3. The van der Waals surface area contributed by atoms with Gasteiger partial charge in [-0.25, -0.2) is 4.79 Å². The third-order valence-electron chi connectivity index (χ3n) is 7.96. The lowest BCUT2D eigenvalue weighted by atomic mass is 9.87. The number of benzene rings is 1. The van der Waals surface area contributed by atoms with Crippen molar-refractivity contribution in [2.75, 3.05) is 11.4 Å². The molecule has 1 aromatic heterocycles. The minimum atomic E-state index is -1.13. The SMILES string of the molecule is CC(C)(C)OC(=O)N1C[C@H](O)C[C@@H]1C(=O)N(c1ccc(C(C)(C)C)cc1Cl)C(C(=O)NC1CCCCC1)c1cccnc1. The predicted molar refractivity (Wildman–Crippen MR) is 167 cm³/mol. The zero-order valence-corrected chi connectivity index (χ0v) is 26.9. The number of aliphatic hydroxyl groups excluding tert-OH is 1. The van der Waals surface area contributed by atoms with Gasteiger partial charge in [-0.1, -0.05) is 63.8 Å². The number of aliphatic hydroxyl groups is 1. The van der Waals surface area contributed by atoms with Crippen molar-refractivity contribution in [3.05, 3.63) is 58.9 Å². The molecule has 1 aliphatic heterocycles. The fourth-order valence-corrected chi connectivity index (χ4v) is 6.04. The molecular weight excluding hydrogens is 568 g/mol. The second kappa shape index (κ2) is 13.2. The van der Waals surface area contributed by atoms with Crippen LogP contribution in [0.15, 0.2) is 42.7 Å². The van der Waals surface area contributed by atoms with Crippen molar-refractivity contribution in [2.45, 2.75) is 115 Å². The summed E-state index contributed by atoms with van der Waals surface area (Å²) < 4.78 is 5.60. The summed E-state index contributed by atoms with van der Waals surface area (Å²) >= 11 is 6.93. The zero-order chi connectivity index (χ0) is 31.5. The number of anilines is 1. The molecule has 1 saturated heterocycles. The summed E-state index contributed by atoms with van der Waals surface area (Å²) in [6.45, 7) is 11.4. The smallest absolute Gasteiger partial charge is 0.411 e. The van der Waals surface area contributed by atoms with Crippen molar-refractivity contribution in [3.63, 3.8) is 0 Å². The summed E-state index contributed by atoms with van der Waals surface area (Å²) in [5, 5.41) is 14.1. The quantitative estimate of drug-likeness (QED) is 0.418. The standard InChI is InChI=1S/C33H45ClN4O5/c1-32(2,3)22-14-15-26(25(34)17-22)38(30(41)27-18-24(39)20-37(27)31(42)43-33(4,5)6)28(21-11-10-16-35-19-21)29(40)36-23-12-8-7-9-13-23/h10-11,14-17,19,23-24,27-28,39H,7-9,12-13,18,20H2,1-6H3,(H,36,40)/t24-,27-,28?/m1/s1. The number of carbonyl (C=O) groups is 3. The number of hydrogen-bond donors (Lipinski definition) is 2. The van der Waals surface area contributed by atoms with Crippen molar-refractivity contribution in [2.24, 2.45) is 0 Å². The average Bonchev–Trinajstić information content (AvgIpc) is 3.33. The Balaban J connectivity index is 1.83. The molecule has 0 spiro atoms. The van der Waals surface area contributed by atoms with E-state index in [1.807, 2.05) is 12.1 Å². The molecule has 0 bridgehead atoms. The van der Waals surface area contributed by atoms with Crippen molar-refractivity contribution in [1.82, 2.24) is 15.2 Å². The van der Waals surface area contributed by atoms with Gasteiger partial charge in [0.15, 0.2) is 0 Å². The Morgan fingerprint density at radius 3 is 2.37 bits per heavy atom. The van der Waals surface area contributed by atoms with Crippen LogP contribution in [0.2, 0.25) is 5.02 Å². The first-order valence-electron chi connectivity index (χ1n) is 15.2. The second-order valence-electron chi connectivity index (χ2n) is 13.7. The van der Waals surface area contributed by atoms with Crippen LogP contribution in [0.25, 0.3) is 0 Å². The second-order valence-corrected chi connectivity index (χ2v) is 14.1. The largest absolute Gasteiger partial charge is 0.444 e. The van der Waals surface area contributed by atoms with Crippen LogP contribution in [0, 0.1) is 0 Å². The van der Waals surface area contributed by atoms with Crippen LogP contribution in [-0.2, 0) is 19.7 Å². The minimum absolute atomic E-state index is 0.00370. The third-order valence-corrected chi connectivity index (χ3v) is 8.26. The Hall–Kier alpha value is -3.17. The highest BCUT2D eigenvalue weighted by molar-refractivity contribution is 6.34. The maximum absolute atomic E-state index is 14.7. The number of ether oxygens (including phenoxy) is 1. The molecule has 2 aromatic rings. The zero-order valence-electron chi connectivity index (χ0n) is 26.1. The molecule has 1 saturated carbocycles. The lowest BCUT2D eigenvalue weighted by Crippen LogP contribution is -2.53. The van der Waals surface area contributed by atoms with Gasteiger partial charge in [-0.15, -0.1) is 0 Å². The van der Waals surface area contributed by atoms with E-state index in [-0.39, 0.29) is 30.3 Å². The Bertz CT molecular complexity index is 1300. The van der Waals surface area contributed by atoms with Crippen molar-refractivity contribution < 1.29 is 24.2 Å². The van der Waals surface area contributed by atoms with Gasteiger partial charge in [0.25, 0.3) is 5.91 Å². The molecule has 2 aliphatic rings. The van der Waals surface area contributed by atoms with E-state index < -0.39 is 35.8 Å². The Morgan fingerprint density at radius 2 is 1.79 bits per heavy atom. The van der Waals surface area contributed by atoms with E-state index in [2.05, 4.69) is 31.1 Å². The summed E-state index contributed by atoms with van der Waals surface area (Å²) in [6, 6.07) is 6.72. The molecule has 10 heteroatoms. The number of aromatic nitrogens is 1. The van der Waals surface area contributed by atoms with Gasteiger partial charge in [0.1, 0.15) is 17.7 Å². The number of carbonyl (C=O) groups excluding carboxylic acids is 3. The molecule has 43 heavy (non-hydrogen) atoms. The Morgan fingerprint density at radius 1 is 1.09 bits per heavy atom. The molecule has 2 fully saturated rings. The van der Waals surface area contributed by atoms with Crippen LogP contribution in [-0.4, -0.2) is 63.2 Å². The summed E-state index contributed by atoms with van der Waals surface area (Å²) in [7, 11) is 0. The predicted octanol–water partition coefficient (Wildman–Crippen LogP) is 5.93. The van der Waals surface area contributed by atoms with Crippen molar-refractivity contribution in [3.8, 4) is 0 Å². The highest BCUT2D eigenvalue weighted by Crippen LogP contribution is 2.38. The molecule has 2 heterocycles. The molecule has 3 amide bonds. The maximum Gasteiger partial charge on any atom is 0.411 e. The monoisotopic (exact) mass is 612 g/mol. The van der Waals surface area contributed by atoms with E-state index >= 15 is 0 Å². The van der Waals surface area contributed by atoms with Gasteiger partial charge in [0, 0.05) is 30.4 Å². The lowest BCUT2D eigenvalue weighted by Gasteiger charge is -2.37. The number of pyridine rings is 1. The molecule has 1 unspecified atom stereocenters. The van der Waals surface area contributed by atoms with E-state index in [0.29, 0.717) is 16.3 Å². The molecule has 2 N–H and O–H groups in total. The van der Waals surface area contributed by atoms with Crippen LogP contribution >= 0.6 is 11.6 Å². The van der Waals surface area contributed by atoms with Crippen molar-refractivity contribution >= 4 is 35.2 Å². The maximum atomic E-state index is 14.7. The molecule has 1 aliphatic carbocycles. The first-order chi connectivity index (χ1) is 20.2. The molecule has 0 radical (unpaired) electrons. The van der Waals surface area contributed by atoms with Crippen molar-refractivity contribution in [1.29, 1.82) is 0 Å². The molecule has 3 atom stereocenters. The molecule has 9 nitrogen and oxygen atoms in total. The van der Waals surface area contributed by atoms with Crippen LogP contribution in [0.5, 0.6) is 0 Å². The molecular formula is C33H45ClN4O5. The summed E-state index contributed by atoms with van der Waals surface area (Å²) in [6.07, 6.45) is 6.43. The number of rotatable bonds is 6. The average molecular weight is 613 g/mol. The van der Waals surface area contributed by atoms with Crippen LogP contribution < -0.4 is 10.2 Å². The molecule has 4 rings (SSSR count). The van der Waals surface area contributed by atoms with Gasteiger partial charge in [0.05, 0.1) is 23.4 Å². The van der Waals surface area contributed by atoms with E-state index in [9.17, 15) is 19.5 Å². The highest BCUT2D eigenvalue weighted by atomic mass is 35.5. The topological polar surface area (TPSA) is 112 Å². The van der Waals surface area contributed by atoms with Gasteiger partial charge in [-0.3, -0.25) is 24.4 Å². The number of amides is 3. The van der Waals surface area contributed by atoms with E-state index in [1.165, 1.54) is 9.80 Å². The number of β-amino-alcohol motifs (C(OH)–C–C–N with tert-alkyl or cyclic N) is 1. The number of nitrogens with one attached hydrogen (secondary N) is 1. The normalized spacial score (nSPS) is 20.4. The van der Waals surface area contributed by atoms with Gasteiger partial charge in [0.2, 0.25) is 5.91 Å². The first kappa shape index (κ1) is 32.7. The summed E-state index contributed by atoms with van der Waals surface area (Å²) in [4.78, 5) is 49.1. The lowest BCUT2D eigenvalue weighted by molar-refractivity contribution is -0.129. The fraction of sp³-hybridized carbons (Fsp3) is 0.576. The number of hydrogen-bond acceptors (Lipinski definition) is 6. The Kier molecular flexibility index (Phi) is 10.1. The van der Waals surface area contributed by atoms with Crippen LogP contribution in [0.3, 0.4) is 0 Å².